The second kappa shape index (κ2) is 5.83. The van der Waals surface area contributed by atoms with E-state index in [0.717, 1.165) is 45.3 Å². The van der Waals surface area contributed by atoms with Gasteiger partial charge in [0.25, 0.3) is 0 Å². The second-order valence-electron chi connectivity index (χ2n) is 5.43. The first-order valence-corrected chi connectivity index (χ1v) is 6.88. The van der Waals surface area contributed by atoms with Crippen LogP contribution in [-0.2, 0) is 4.79 Å². The summed E-state index contributed by atoms with van der Waals surface area (Å²) in [5.74, 6) is 0.506. The Balaban J connectivity index is 1.89. The first kappa shape index (κ1) is 12.8. The summed E-state index contributed by atoms with van der Waals surface area (Å²) in [5.41, 5.74) is 0. The van der Waals surface area contributed by atoms with Gasteiger partial charge in [-0.15, -0.1) is 0 Å². The predicted octanol–water partition coefficient (Wildman–Crippen LogP) is 0.748. The minimum atomic E-state index is -0.301. The van der Waals surface area contributed by atoms with E-state index in [4.69, 9.17) is 0 Å². The fraction of sp³-hybridized carbons (Fsp3) is 0.923. The SMILES string of the molecule is C[C@H](O)[C@@H]1CCCN(C(=O)[C@@H]2CCCCN2)C1. The molecule has 0 aliphatic carbocycles. The topological polar surface area (TPSA) is 52.6 Å². The zero-order chi connectivity index (χ0) is 12.3. The Bertz CT molecular complexity index is 262. The highest BCUT2D eigenvalue weighted by Gasteiger charge is 2.30. The molecule has 0 aromatic carbocycles. The molecule has 98 valence electrons. The van der Waals surface area contributed by atoms with E-state index >= 15 is 0 Å². The average molecular weight is 240 g/mol. The van der Waals surface area contributed by atoms with Crippen LogP contribution in [0.25, 0.3) is 0 Å². The van der Waals surface area contributed by atoms with Crippen molar-refractivity contribution < 1.29 is 9.90 Å². The van der Waals surface area contributed by atoms with Crippen molar-refractivity contribution in [2.24, 2.45) is 5.92 Å². The molecule has 2 saturated heterocycles. The second-order valence-corrected chi connectivity index (χ2v) is 5.43. The minimum absolute atomic E-state index is 0.0245. The first-order chi connectivity index (χ1) is 8.18. The summed E-state index contributed by atoms with van der Waals surface area (Å²) in [5, 5.41) is 12.9. The Morgan fingerprint density at radius 2 is 2.18 bits per heavy atom. The smallest absolute Gasteiger partial charge is 0.239 e. The fourth-order valence-electron chi connectivity index (χ4n) is 2.89. The molecule has 2 aliphatic rings. The molecule has 0 spiro atoms. The lowest BCUT2D eigenvalue weighted by molar-refractivity contribution is -0.136. The lowest BCUT2D eigenvalue weighted by Crippen LogP contribution is -2.52. The number of nitrogens with one attached hydrogen (secondary N) is 1. The average Bonchev–Trinajstić information content (AvgIpc) is 2.39. The highest BCUT2D eigenvalue weighted by molar-refractivity contribution is 5.82. The van der Waals surface area contributed by atoms with Crippen molar-refractivity contribution in [2.75, 3.05) is 19.6 Å². The standard InChI is InChI=1S/C13H24N2O2/c1-10(16)11-5-4-8-15(9-11)13(17)12-6-2-3-7-14-12/h10-12,14,16H,2-9H2,1H3/t10-,11+,12-/m0/s1. The Morgan fingerprint density at radius 1 is 1.35 bits per heavy atom. The lowest BCUT2D eigenvalue weighted by atomic mass is 9.92. The summed E-state index contributed by atoms with van der Waals surface area (Å²) in [7, 11) is 0. The van der Waals surface area contributed by atoms with Gasteiger partial charge in [-0.3, -0.25) is 4.79 Å². The number of amides is 1. The van der Waals surface area contributed by atoms with Crippen molar-refractivity contribution in [3.8, 4) is 0 Å². The maximum Gasteiger partial charge on any atom is 0.239 e. The zero-order valence-electron chi connectivity index (χ0n) is 10.7. The molecule has 4 nitrogen and oxygen atoms in total. The van der Waals surface area contributed by atoms with Gasteiger partial charge in [-0.1, -0.05) is 6.42 Å². The molecule has 0 saturated carbocycles. The summed E-state index contributed by atoms with van der Waals surface area (Å²) in [6.07, 6.45) is 5.06. The zero-order valence-corrected chi connectivity index (χ0v) is 10.7. The van der Waals surface area contributed by atoms with Crippen LogP contribution >= 0.6 is 0 Å². The largest absolute Gasteiger partial charge is 0.393 e. The number of rotatable bonds is 2. The quantitative estimate of drug-likeness (QED) is 0.749. The van der Waals surface area contributed by atoms with E-state index in [0.29, 0.717) is 0 Å². The van der Waals surface area contributed by atoms with Crippen molar-refractivity contribution in [3.05, 3.63) is 0 Å². The van der Waals surface area contributed by atoms with Crippen molar-refractivity contribution in [1.82, 2.24) is 10.2 Å². The van der Waals surface area contributed by atoms with Crippen LogP contribution in [-0.4, -0.2) is 47.7 Å². The number of hydrogen-bond donors (Lipinski definition) is 2. The Hall–Kier alpha value is -0.610. The maximum absolute atomic E-state index is 12.3. The Morgan fingerprint density at radius 3 is 2.82 bits per heavy atom. The van der Waals surface area contributed by atoms with Crippen LogP contribution in [0, 0.1) is 5.92 Å². The van der Waals surface area contributed by atoms with E-state index in [-0.39, 0.29) is 24.0 Å². The summed E-state index contributed by atoms with van der Waals surface area (Å²) in [6, 6.07) is 0.0245. The molecule has 0 bridgehead atoms. The number of hydrogen-bond acceptors (Lipinski definition) is 3. The van der Waals surface area contributed by atoms with E-state index in [2.05, 4.69) is 5.32 Å². The Kier molecular flexibility index (Phi) is 4.40. The van der Waals surface area contributed by atoms with Gasteiger partial charge < -0.3 is 15.3 Å². The van der Waals surface area contributed by atoms with Gasteiger partial charge in [0.1, 0.15) is 0 Å². The molecule has 2 rings (SSSR count). The van der Waals surface area contributed by atoms with E-state index in [9.17, 15) is 9.90 Å². The Labute approximate surface area is 103 Å². The molecule has 2 aliphatic heterocycles. The molecule has 0 unspecified atom stereocenters. The normalized spacial score (nSPS) is 32.2. The molecule has 1 amide bonds. The van der Waals surface area contributed by atoms with Gasteiger partial charge in [0.2, 0.25) is 5.91 Å². The number of carbonyl (C=O) groups is 1. The summed E-state index contributed by atoms with van der Waals surface area (Å²) in [6.45, 7) is 4.39. The van der Waals surface area contributed by atoms with Crippen molar-refractivity contribution >= 4 is 5.91 Å². The van der Waals surface area contributed by atoms with Gasteiger partial charge in [-0.2, -0.15) is 0 Å². The van der Waals surface area contributed by atoms with Crippen LogP contribution in [0.1, 0.15) is 39.0 Å². The highest BCUT2D eigenvalue weighted by Crippen LogP contribution is 2.21. The monoisotopic (exact) mass is 240 g/mol. The molecule has 2 fully saturated rings. The molecule has 0 aromatic heterocycles. The highest BCUT2D eigenvalue weighted by atomic mass is 16.3. The number of nitrogens with zero attached hydrogens (tertiary/aromatic N) is 1. The number of carbonyl (C=O) groups excluding carboxylic acids is 1. The van der Waals surface area contributed by atoms with Crippen molar-refractivity contribution in [2.45, 2.75) is 51.2 Å². The molecule has 0 radical (unpaired) electrons. The molecule has 17 heavy (non-hydrogen) atoms. The van der Waals surface area contributed by atoms with Crippen LogP contribution in [0.15, 0.2) is 0 Å². The third-order valence-corrected chi connectivity index (χ3v) is 4.06. The van der Waals surface area contributed by atoms with Crippen molar-refractivity contribution in [3.63, 3.8) is 0 Å². The molecular weight excluding hydrogens is 216 g/mol. The number of aliphatic hydroxyl groups excluding tert-OH is 1. The third kappa shape index (κ3) is 3.19. The van der Waals surface area contributed by atoms with Crippen LogP contribution in [0.2, 0.25) is 0 Å². The van der Waals surface area contributed by atoms with Crippen LogP contribution in [0.3, 0.4) is 0 Å². The van der Waals surface area contributed by atoms with Crippen molar-refractivity contribution in [1.29, 1.82) is 0 Å². The maximum atomic E-state index is 12.3. The fourth-order valence-corrected chi connectivity index (χ4v) is 2.89. The number of aliphatic hydroxyl groups is 1. The predicted molar refractivity (Wildman–Crippen MR) is 66.6 cm³/mol. The van der Waals surface area contributed by atoms with E-state index in [1.807, 2.05) is 11.8 Å². The van der Waals surface area contributed by atoms with Gasteiger partial charge in [0, 0.05) is 19.0 Å². The van der Waals surface area contributed by atoms with Gasteiger partial charge in [-0.25, -0.2) is 0 Å². The van der Waals surface area contributed by atoms with Gasteiger partial charge in [0.05, 0.1) is 12.1 Å². The lowest BCUT2D eigenvalue weighted by Gasteiger charge is -2.37. The van der Waals surface area contributed by atoms with Gasteiger partial charge >= 0.3 is 0 Å². The minimum Gasteiger partial charge on any atom is -0.393 e. The van der Waals surface area contributed by atoms with Crippen LogP contribution < -0.4 is 5.32 Å². The molecule has 2 N–H and O–H groups in total. The molecule has 0 aromatic rings. The van der Waals surface area contributed by atoms with E-state index < -0.39 is 0 Å². The summed E-state index contributed by atoms with van der Waals surface area (Å²) in [4.78, 5) is 14.3. The summed E-state index contributed by atoms with van der Waals surface area (Å²) < 4.78 is 0. The number of piperidine rings is 2. The third-order valence-electron chi connectivity index (χ3n) is 4.06. The van der Waals surface area contributed by atoms with Crippen LogP contribution in [0.4, 0.5) is 0 Å². The van der Waals surface area contributed by atoms with E-state index in [1.165, 1.54) is 6.42 Å². The molecule has 4 heteroatoms. The first-order valence-electron chi connectivity index (χ1n) is 6.88. The summed E-state index contributed by atoms with van der Waals surface area (Å²) >= 11 is 0. The van der Waals surface area contributed by atoms with E-state index in [1.54, 1.807) is 0 Å². The number of likely N-dealkylation sites (tertiary alicyclic amines) is 1. The van der Waals surface area contributed by atoms with Crippen LogP contribution in [0.5, 0.6) is 0 Å². The van der Waals surface area contributed by atoms with Gasteiger partial charge in [-0.05, 0) is 39.2 Å². The molecule has 2 heterocycles. The van der Waals surface area contributed by atoms with Gasteiger partial charge in [0.15, 0.2) is 0 Å². The molecular formula is C13H24N2O2. The molecule has 3 atom stereocenters.